The fraction of sp³-hybridized carbons (Fsp3) is 0.182. The molecule has 0 unspecified atom stereocenters. The van der Waals surface area contributed by atoms with Gasteiger partial charge in [0.15, 0.2) is 0 Å². The minimum absolute atomic E-state index is 0.256. The molecule has 2 aromatic rings. The summed E-state index contributed by atoms with van der Waals surface area (Å²) in [5, 5.41) is 14.5. The van der Waals surface area contributed by atoms with Crippen molar-refractivity contribution in [2.75, 3.05) is 6.54 Å². The number of amides is 1. The maximum Gasteiger partial charge on any atom is 0.404 e. The molecule has 6 nitrogen and oxygen atoms in total. The van der Waals surface area contributed by atoms with Crippen molar-refractivity contribution in [1.82, 2.24) is 15.5 Å². The van der Waals surface area contributed by atoms with Gasteiger partial charge in [0.2, 0.25) is 11.7 Å². The number of hydrogen-bond acceptors (Lipinski definition) is 4. The first-order valence-corrected chi connectivity index (χ1v) is 5.10. The molecule has 0 atom stereocenters. The van der Waals surface area contributed by atoms with Gasteiger partial charge in [0.1, 0.15) is 0 Å². The van der Waals surface area contributed by atoms with Crippen LogP contribution < -0.4 is 5.32 Å². The molecule has 2 N–H and O–H groups in total. The zero-order valence-corrected chi connectivity index (χ0v) is 8.96. The molecule has 0 spiro atoms. The molecule has 0 aliphatic rings. The Kier molecular flexibility index (Phi) is 3.34. The van der Waals surface area contributed by atoms with E-state index in [1.165, 1.54) is 0 Å². The summed E-state index contributed by atoms with van der Waals surface area (Å²) in [5.74, 6) is 0.925. The zero-order chi connectivity index (χ0) is 12.1. The lowest BCUT2D eigenvalue weighted by Crippen LogP contribution is -2.23. The highest BCUT2D eigenvalue weighted by atomic mass is 16.5. The lowest BCUT2D eigenvalue weighted by atomic mass is 10.2. The number of benzene rings is 1. The highest BCUT2D eigenvalue weighted by molar-refractivity contribution is 5.64. The molecular formula is C11H11N3O3. The van der Waals surface area contributed by atoms with Crippen LogP contribution in [0.25, 0.3) is 11.4 Å². The summed E-state index contributed by atoms with van der Waals surface area (Å²) < 4.78 is 5.01. The van der Waals surface area contributed by atoms with Crippen LogP contribution in [0.3, 0.4) is 0 Å². The number of rotatable bonds is 4. The Bertz CT molecular complexity index is 496. The predicted octanol–water partition coefficient (Wildman–Crippen LogP) is 1.55. The Labute approximate surface area is 97.3 Å². The number of nitrogens with one attached hydrogen (secondary N) is 1. The summed E-state index contributed by atoms with van der Waals surface area (Å²) in [4.78, 5) is 14.4. The molecule has 1 amide bonds. The van der Waals surface area contributed by atoms with Gasteiger partial charge < -0.3 is 14.9 Å². The van der Waals surface area contributed by atoms with Crippen LogP contribution in [-0.2, 0) is 6.42 Å². The second-order valence-electron chi connectivity index (χ2n) is 3.36. The van der Waals surface area contributed by atoms with E-state index in [0.717, 1.165) is 5.56 Å². The highest BCUT2D eigenvalue weighted by Crippen LogP contribution is 2.14. The molecule has 0 saturated heterocycles. The zero-order valence-electron chi connectivity index (χ0n) is 8.96. The number of hydrogen-bond donors (Lipinski definition) is 2. The molecule has 1 aromatic heterocycles. The van der Waals surface area contributed by atoms with Gasteiger partial charge in [-0.15, -0.1) is 0 Å². The van der Waals surface area contributed by atoms with Crippen molar-refractivity contribution >= 4 is 6.09 Å². The van der Waals surface area contributed by atoms with E-state index in [-0.39, 0.29) is 6.54 Å². The number of carboxylic acid groups (broad SMARTS) is 1. The Hall–Kier alpha value is -2.37. The summed E-state index contributed by atoms with van der Waals surface area (Å²) in [7, 11) is 0. The van der Waals surface area contributed by atoms with E-state index in [1.807, 2.05) is 30.3 Å². The monoisotopic (exact) mass is 233 g/mol. The standard InChI is InChI=1S/C11H11N3O3/c15-11(16)12-7-6-9-13-10(14-17-9)8-4-2-1-3-5-8/h1-5,12H,6-7H2,(H,15,16). The van der Waals surface area contributed by atoms with Gasteiger partial charge in [0.05, 0.1) is 0 Å². The molecule has 2 rings (SSSR count). The van der Waals surface area contributed by atoms with Crippen LogP contribution in [0.4, 0.5) is 4.79 Å². The molecular weight excluding hydrogens is 222 g/mol. The third-order valence-electron chi connectivity index (χ3n) is 2.12. The van der Waals surface area contributed by atoms with E-state index in [9.17, 15) is 4.79 Å². The summed E-state index contributed by atoms with van der Waals surface area (Å²) in [5.41, 5.74) is 0.869. The van der Waals surface area contributed by atoms with Crippen molar-refractivity contribution in [2.24, 2.45) is 0 Å². The average molecular weight is 233 g/mol. The van der Waals surface area contributed by atoms with Crippen LogP contribution in [0.5, 0.6) is 0 Å². The van der Waals surface area contributed by atoms with E-state index in [1.54, 1.807) is 0 Å². The largest absolute Gasteiger partial charge is 0.465 e. The summed E-state index contributed by atoms with van der Waals surface area (Å²) in [6.45, 7) is 0.256. The Morgan fingerprint density at radius 1 is 1.35 bits per heavy atom. The Morgan fingerprint density at radius 2 is 2.12 bits per heavy atom. The predicted molar refractivity (Wildman–Crippen MR) is 59.5 cm³/mol. The average Bonchev–Trinajstić information content (AvgIpc) is 2.78. The van der Waals surface area contributed by atoms with Crippen LogP contribution in [-0.4, -0.2) is 27.9 Å². The van der Waals surface area contributed by atoms with Gasteiger partial charge in [0.25, 0.3) is 0 Å². The molecule has 88 valence electrons. The van der Waals surface area contributed by atoms with Crippen molar-refractivity contribution in [3.8, 4) is 11.4 Å². The lowest BCUT2D eigenvalue weighted by Gasteiger charge is -1.95. The number of aromatic nitrogens is 2. The van der Waals surface area contributed by atoms with Crippen molar-refractivity contribution < 1.29 is 14.4 Å². The van der Waals surface area contributed by atoms with Crippen molar-refractivity contribution in [2.45, 2.75) is 6.42 Å². The second kappa shape index (κ2) is 5.11. The van der Waals surface area contributed by atoms with Crippen molar-refractivity contribution in [3.05, 3.63) is 36.2 Å². The van der Waals surface area contributed by atoms with Gasteiger partial charge in [0, 0.05) is 18.5 Å². The van der Waals surface area contributed by atoms with Crippen molar-refractivity contribution in [3.63, 3.8) is 0 Å². The topological polar surface area (TPSA) is 88.2 Å². The van der Waals surface area contributed by atoms with E-state index in [0.29, 0.717) is 18.1 Å². The normalized spacial score (nSPS) is 10.1. The van der Waals surface area contributed by atoms with Crippen LogP contribution >= 0.6 is 0 Å². The van der Waals surface area contributed by atoms with E-state index < -0.39 is 6.09 Å². The van der Waals surface area contributed by atoms with E-state index in [2.05, 4.69) is 15.5 Å². The molecule has 1 aromatic carbocycles. The van der Waals surface area contributed by atoms with E-state index in [4.69, 9.17) is 9.63 Å². The van der Waals surface area contributed by atoms with Gasteiger partial charge >= 0.3 is 6.09 Å². The van der Waals surface area contributed by atoms with E-state index >= 15 is 0 Å². The summed E-state index contributed by atoms with van der Waals surface area (Å²) in [6, 6.07) is 9.43. The summed E-state index contributed by atoms with van der Waals surface area (Å²) in [6.07, 6.45) is -0.681. The van der Waals surface area contributed by atoms with Gasteiger partial charge in [-0.25, -0.2) is 4.79 Å². The van der Waals surface area contributed by atoms with Gasteiger partial charge in [-0.2, -0.15) is 4.98 Å². The van der Waals surface area contributed by atoms with Crippen LogP contribution in [0.2, 0.25) is 0 Å². The fourth-order valence-electron chi connectivity index (χ4n) is 1.34. The van der Waals surface area contributed by atoms with Gasteiger partial charge in [-0.1, -0.05) is 35.5 Å². The smallest absolute Gasteiger partial charge is 0.404 e. The first kappa shape index (κ1) is 11.1. The maximum atomic E-state index is 10.2. The summed E-state index contributed by atoms with van der Waals surface area (Å²) >= 11 is 0. The molecule has 1 heterocycles. The molecule has 0 aliphatic carbocycles. The van der Waals surface area contributed by atoms with Crippen LogP contribution in [0.15, 0.2) is 34.9 Å². The molecule has 0 saturated carbocycles. The molecule has 6 heteroatoms. The van der Waals surface area contributed by atoms with Crippen LogP contribution in [0, 0.1) is 0 Å². The van der Waals surface area contributed by atoms with Gasteiger partial charge in [-0.3, -0.25) is 0 Å². The molecule has 0 bridgehead atoms. The lowest BCUT2D eigenvalue weighted by molar-refractivity contribution is 0.194. The number of nitrogens with zero attached hydrogens (tertiary/aromatic N) is 2. The van der Waals surface area contributed by atoms with Crippen molar-refractivity contribution in [1.29, 1.82) is 0 Å². The third-order valence-corrected chi connectivity index (χ3v) is 2.12. The minimum atomic E-state index is -1.06. The SMILES string of the molecule is O=C(O)NCCc1nc(-c2ccccc2)no1. The first-order valence-electron chi connectivity index (χ1n) is 5.10. The number of carbonyl (C=O) groups is 1. The molecule has 0 radical (unpaired) electrons. The Morgan fingerprint density at radius 3 is 2.82 bits per heavy atom. The fourth-order valence-corrected chi connectivity index (χ4v) is 1.34. The first-order chi connectivity index (χ1) is 8.25. The maximum absolute atomic E-state index is 10.2. The third kappa shape index (κ3) is 3.04. The van der Waals surface area contributed by atoms with Gasteiger partial charge in [-0.05, 0) is 0 Å². The molecule has 17 heavy (non-hydrogen) atoms. The molecule has 0 aliphatic heterocycles. The highest BCUT2D eigenvalue weighted by Gasteiger charge is 2.07. The molecule has 0 fully saturated rings. The Balaban J connectivity index is 1.99. The quantitative estimate of drug-likeness (QED) is 0.836. The second-order valence-corrected chi connectivity index (χ2v) is 3.36. The van der Waals surface area contributed by atoms with Crippen LogP contribution in [0.1, 0.15) is 5.89 Å². The minimum Gasteiger partial charge on any atom is -0.465 e.